The van der Waals surface area contributed by atoms with Crippen LogP contribution in [0.15, 0.2) is 54.9 Å². The molecule has 0 fully saturated rings. The molecule has 0 aliphatic heterocycles. The molecule has 3 aromatic rings. The zero-order chi connectivity index (χ0) is 14.7. The van der Waals surface area contributed by atoms with Gasteiger partial charge < -0.3 is 4.57 Å². The van der Waals surface area contributed by atoms with Crippen molar-refractivity contribution in [2.24, 2.45) is 5.84 Å². The van der Waals surface area contributed by atoms with Gasteiger partial charge in [0, 0.05) is 18.9 Å². The maximum atomic E-state index is 5.78. The highest BCUT2D eigenvalue weighted by atomic mass is 15.3. The first-order chi connectivity index (χ1) is 10.3. The summed E-state index contributed by atoms with van der Waals surface area (Å²) in [5.41, 5.74) is 4.19. The molecule has 1 heterocycles. The number of aromatic nitrogens is 2. The second-order valence-electron chi connectivity index (χ2n) is 5.13. The summed E-state index contributed by atoms with van der Waals surface area (Å²) in [4.78, 5) is 4.45. The van der Waals surface area contributed by atoms with Crippen LogP contribution in [0.1, 0.15) is 24.4 Å². The van der Waals surface area contributed by atoms with E-state index >= 15 is 0 Å². The third kappa shape index (κ3) is 2.68. The van der Waals surface area contributed by atoms with Gasteiger partial charge in [-0.1, -0.05) is 42.5 Å². The van der Waals surface area contributed by atoms with Gasteiger partial charge >= 0.3 is 0 Å². The fourth-order valence-corrected chi connectivity index (χ4v) is 2.81. The van der Waals surface area contributed by atoms with Crippen LogP contribution in [0.5, 0.6) is 0 Å². The molecule has 0 saturated carbocycles. The normalized spacial score (nSPS) is 12.7. The molecule has 0 radical (unpaired) electrons. The number of nitrogens with two attached hydrogens (primary N) is 1. The van der Waals surface area contributed by atoms with Crippen molar-refractivity contribution in [3.63, 3.8) is 0 Å². The van der Waals surface area contributed by atoms with Gasteiger partial charge in [0.25, 0.3) is 0 Å². The Hall–Kier alpha value is -2.17. The van der Waals surface area contributed by atoms with E-state index in [9.17, 15) is 0 Å². The highest BCUT2D eigenvalue weighted by Gasteiger charge is 2.16. The minimum absolute atomic E-state index is 0.00533. The van der Waals surface area contributed by atoms with E-state index in [1.807, 2.05) is 12.4 Å². The standard InChI is InChI=1S/C17H20N4/c1-2-21-11-10-19-17(21)16(20-18)12-14-8-5-7-13-6-3-4-9-15(13)14/h3-11,16,20H,2,12,18H2,1H3. The number of benzene rings is 2. The van der Waals surface area contributed by atoms with Gasteiger partial charge in [0.2, 0.25) is 0 Å². The van der Waals surface area contributed by atoms with Gasteiger partial charge in [-0.3, -0.25) is 5.84 Å². The molecule has 21 heavy (non-hydrogen) atoms. The molecule has 1 atom stereocenters. The number of rotatable bonds is 5. The Labute approximate surface area is 124 Å². The van der Waals surface area contributed by atoms with Crippen molar-refractivity contribution in [2.45, 2.75) is 25.9 Å². The molecule has 2 aromatic carbocycles. The highest BCUT2D eigenvalue weighted by molar-refractivity contribution is 5.85. The smallest absolute Gasteiger partial charge is 0.127 e. The predicted molar refractivity (Wildman–Crippen MR) is 85.6 cm³/mol. The van der Waals surface area contributed by atoms with Crippen molar-refractivity contribution >= 4 is 10.8 Å². The van der Waals surface area contributed by atoms with Crippen LogP contribution in [-0.2, 0) is 13.0 Å². The molecular weight excluding hydrogens is 260 g/mol. The number of hydrogen-bond acceptors (Lipinski definition) is 3. The first kappa shape index (κ1) is 13.8. The van der Waals surface area contributed by atoms with Crippen LogP contribution in [0.25, 0.3) is 10.8 Å². The molecule has 3 N–H and O–H groups in total. The zero-order valence-electron chi connectivity index (χ0n) is 12.2. The van der Waals surface area contributed by atoms with Crippen molar-refractivity contribution in [3.05, 3.63) is 66.2 Å². The van der Waals surface area contributed by atoms with E-state index in [2.05, 4.69) is 64.4 Å². The number of fused-ring (bicyclic) bond motifs is 1. The minimum Gasteiger partial charge on any atom is -0.334 e. The maximum absolute atomic E-state index is 5.78. The summed E-state index contributed by atoms with van der Waals surface area (Å²) in [5.74, 6) is 6.76. The topological polar surface area (TPSA) is 55.9 Å². The molecule has 0 spiro atoms. The third-order valence-corrected chi connectivity index (χ3v) is 3.91. The molecule has 1 aromatic heterocycles. The number of aryl methyl sites for hydroxylation is 1. The van der Waals surface area contributed by atoms with E-state index in [1.165, 1.54) is 16.3 Å². The number of imidazole rings is 1. The van der Waals surface area contributed by atoms with Gasteiger partial charge in [0.15, 0.2) is 0 Å². The van der Waals surface area contributed by atoms with Gasteiger partial charge in [-0.05, 0) is 29.7 Å². The van der Waals surface area contributed by atoms with E-state index in [-0.39, 0.29) is 6.04 Å². The van der Waals surface area contributed by atoms with Crippen molar-refractivity contribution in [3.8, 4) is 0 Å². The van der Waals surface area contributed by atoms with Gasteiger partial charge in [-0.25, -0.2) is 10.4 Å². The zero-order valence-corrected chi connectivity index (χ0v) is 12.2. The van der Waals surface area contributed by atoms with Crippen molar-refractivity contribution in [1.29, 1.82) is 0 Å². The quantitative estimate of drug-likeness (QED) is 0.558. The number of hydrazine groups is 1. The second-order valence-corrected chi connectivity index (χ2v) is 5.13. The molecule has 0 saturated heterocycles. The Kier molecular flexibility index (Phi) is 3.99. The SMILES string of the molecule is CCn1ccnc1C(Cc1cccc2ccccc12)NN. The fourth-order valence-electron chi connectivity index (χ4n) is 2.81. The lowest BCUT2D eigenvalue weighted by Gasteiger charge is -2.18. The lowest BCUT2D eigenvalue weighted by atomic mass is 9.98. The van der Waals surface area contributed by atoms with Crippen LogP contribution in [0.2, 0.25) is 0 Å². The van der Waals surface area contributed by atoms with E-state index in [4.69, 9.17) is 5.84 Å². The molecule has 1 unspecified atom stereocenters. The summed E-state index contributed by atoms with van der Waals surface area (Å²) in [6.45, 7) is 3.00. The van der Waals surface area contributed by atoms with Gasteiger partial charge in [-0.2, -0.15) is 0 Å². The Bertz CT molecular complexity index is 727. The fraction of sp³-hybridized carbons (Fsp3) is 0.235. The molecular formula is C17H20N4. The summed E-state index contributed by atoms with van der Waals surface area (Å²) in [5, 5.41) is 2.53. The summed E-state index contributed by atoms with van der Waals surface area (Å²) < 4.78 is 2.12. The van der Waals surface area contributed by atoms with E-state index in [0.717, 1.165) is 18.8 Å². The minimum atomic E-state index is 0.00533. The van der Waals surface area contributed by atoms with Crippen LogP contribution in [0.3, 0.4) is 0 Å². The maximum Gasteiger partial charge on any atom is 0.127 e. The van der Waals surface area contributed by atoms with Crippen LogP contribution in [-0.4, -0.2) is 9.55 Å². The van der Waals surface area contributed by atoms with E-state index in [0.29, 0.717) is 0 Å². The summed E-state index contributed by atoms with van der Waals surface area (Å²) in [7, 11) is 0. The van der Waals surface area contributed by atoms with Gasteiger partial charge in [0.05, 0.1) is 6.04 Å². The first-order valence-electron chi connectivity index (χ1n) is 7.27. The Morgan fingerprint density at radius 2 is 2.00 bits per heavy atom. The molecule has 0 aliphatic rings. The van der Waals surface area contributed by atoms with Crippen LogP contribution in [0.4, 0.5) is 0 Å². The molecule has 4 nitrogen and oxygen atoms in total. The third-order valence-electron chi connectivity index (χ3n) is 3.91. The van der Waals surface area contributed by atoms with Crippen molar-refractivity contribution in [1.82, 2.24) is 15.0 Å². The highest BCUT2D eigenvalue weighted by Crippen LogP contribution is 2.23. The van der Waals surface area contributed by atoms with E-state index in [1.54, 1.807) is 0 Å². The number of nitrogens with one attached hydrogen (secondary N) is 1. The Morgan fingerprint density at radius 1 is 1.19 bits per heavy atom. The first-order valence-corrected chi connectivity index (χ1v) is 7.27. The van der Waals surface area contributed by atoms with Crippen LogP contribution < -0.4 is 11.3 Å². The molecule has 0 amide bonds. The van der Waals surface area contributed by atoms with Gasteiger partial charge in [-0.15, -0.1) is 0 Å². The number of nitrogens with zero attached hydrogens (tertiary/aromatic N) is 2. The Balaban J connectivity index is 1.96. The summed E-state index contributed by atoms with van der Waals surface area (Å²) in [6.07, 6.45) is 4.63. The molecule has 108 valence electrons. The predicted octanol–water partition coefficient (Wildman–Crippen LogP) is 2.80. The largest absolute Gasteiger partial charge is 0.334 e. The van der Waals surface area contributed by atoms with Gasteiger partial charge in [0.1, 0.15) is 5.82 Å². The second kappa shape index (κ2) is 6.08. The average Bonchev–Trinajstić information content (AvgIpc) is 3.01. The lowest BCUT2D eigenvalue weighted by Crippen LogP contribution is -2.31. The van der Waals surface area contributed by atoms with Crippen molar-refractivity contribution < 1.29 is 0 Å². The molecule has 0 aliphatic carbocycles. The summed E-state index contributed by atoms with van der Waals surface area (Å²) in [6, 6.07) is 14.8. The van der Waals surface area contributed by atoms with Crippen LogP contribution >= 0.6 is 0 Å². The van der Waals surface area contributed by atoms with E-state index < -0.39 is 0 Å². The summed E-state index contributed by atoms with van der Waals surface area (Å²) >= 11 is 0. The van der Waals surface area contributed by atoms with Crippen molar-refractivity contribution in [2.75, 3.05) is 0 Å². The number of hydrogen-bond donors (Lipinski definition) is 2. The van der Waals surface area contributed by atoms with Crippen LogP contribution in [0, 0.1) is 0 Å². The molecule has 0 bridgehead atoms. The molecule has 3 rings (SSSR count). The average molecular weight is 280 g/mol. The molecule has 4 heteroatoms. The Morgan fingerprint density at radius 3 is 2.81 bits per heavy atom. The monoisotopic (exact) mass is 280 g/mol. The lowest BCUT2D eigenvalue weighted by molar-refractivity contribution is 0.497.